The molecule has 9 N–H and O–H groups in total. The summed E-state index contributed by atoms with van der Waals surface area (Å²) < 4.78 is 0. The minimum absolute atomic E-state index is 0.885. The first-order valence-corrected chi connectivity index (χ1v) is 31.4. The molecule has 0 unspecified atom stereocenters. The standard InChI is InChI=1S/3C10H9N.6C9H8N2/c1-8-6-9-4-2-3-5-10(9)7-11-8;1-8-10-5-3-2-4-9(10)6-7-11-8;1-8-6-7-9-4-2-3-5-10(9)11-8;1-7-4-8-2-3-10-5-9(8)6-11-7;1-7-2-3-8-6-10-5-4-9(8)11-7;1-7-2-3-8-4-5-10-6-9(8)11-7;1-7-4-5-8-9(11-7)3-2-6-10-8;1-7-4-5-8-3-2-6-10-9(8)11-7;1-7-5-8-3-2-4-10-9(8)6-11-7/h3*2-7,11H,1H2;4*2-6,11H,1H2;2-6H,1H2,(H,10,11);2-6,11H,1H2. The van der Waals surface area contributed by atoms with Crippen LogP contribution in [-0.4, -0.2) is 29.9 Å². The van der Waals surface area contributed by atoms with Crippen LogP contribution < -0.4 is 79.3 Å². The lowest BCUT2D eigenvalue weighted by Crippen LogP contribution is -2.33. The monoisotopic (exact) mass is 1290 g/mol. The lowest BCUT2D eigenvalue weighted by atomic mass is 10.0. The van der Waals surface area contributed by atoms with Crippen LogP contribution in [0.3, 0.4) is 0 Å². The molecule has 15 nitrogen and oxygen atoms in total. The Labute approximate surface area is 577 Å². The summed E-state index contributed by atoms with van der Waals surface area (Å²) in [7, 11) is 0. The summed E-state index contributed by atoms with van der Waals surface area (Å²) in [5, 5.41) is 34.6. The number of allylic oxidation sites excluding steroid dienone is 8. The lowest BCUT2D eigenvalue weighted by molar-refractivity contribution is 1.12. The average Bonchev–Trinajstić information content (AvgIpc) is 1.42. The van der Waals surface area contributed by atoms with E-state index in [1.807, 2.05) is 213 Å². The van der Waals surface area contributed by atoms with Crippen LogP contribution in [0.4, 0.5) is 28.6 Å². The van der Waals surface area contributed by atoms with Crippen molar-refractivity contribution in [1.29, 1.82) is 0 Å². The third-order valence-electron chi connectivity index (χ3n) is 14.9. The Balaban J connectivity index is 0.000000120. The fraction of sp³-hybridized carbons (Fsp3) is 0. The van der Waals surface area contributed by atoms with Crippen molar-refractivity contribution in [2.24, 2.45) is 0 Å². The molecule has 9 aliphatic rings. The molecule has 0 aliphatic carbocycles. The Morgan fingerprint density at radius 1 is 0.273 bits per heavy atom. The zero-order valence-corrected chi connectivity index (χ0v) is 54.8. The van der Waals surface area contributed by atoms with Gasteiger partial charge in [-0.1, -0.05) is 144 Å². The normalized spacial score (nSPS) is 14.0. The van der Waals surface area contributed by atoms with Crippen molar-refractivity contribution >= 4 is 108 Å². The quantitative estimate of drug-likeness (QED) is 0.0698. The summed E-state index contributed by atoms with van der Waals surface area (Å²) in [6.07, 6.45) is 51.5. The topological polar surface area (TPSA) is 186 Å². The van der Waals surface area contributed by atoms with Crippen molar-refractivity contribution in [3.63, 3.8) is 0 Å². The van der Waals surface area contributed by atoms with Crippen LogP contribution >= 0.6 is 0 Å². The number of aromatic nitrogens is 6. The van der Waals surface area contributed by atoms with Crippen LogP contribution in [0.15, 0.2) is 325 Å². The van der Waals surface area contributed by atoms with Gasteiger partial charge in [0, 0.05) is 170 Å². The van der Waals surface area contributed by atoms with Crippen molar-refractivity contribution in [3.8, 4) is 0 Å². The first kappa shape index (κ1) is 68.0. The molecule has 3 aromatic carbocycles. The molecule has 15 heteroatoms. The third-order valence-corrected chi connectivity index (χ3v) is 14.9. The zero-order chi connectivity index (χ0) is 69.1. The first-order valence-electron chi connectivity index (χ1n) is 31.4. The van der Waals surface area contributed by atoms with Crippen LogP contribution in [0, 0.1) is 0 Å². The SMILES string of the molecule is C=C1C=Cc2ccccc2N1.C=C1C=Cc2cccnc2N1.C=C1C=Cc2ccncc2N1.C=C1C=Cc2cnccc2N1.C=C1C=Cc2ncccc2N1.C=C1C=c2ccccc2=CN1.C=C1C=c2cccnc2=CN1.C=C1C=c2ccncc2=CN1.C=C1NC=Cc2ccccc21. The Kier molecular flexibility index (Phi) is 23.5. The van der Waals surface area contributed by atoms with E-state index in [1.165, 1.54) is 32.3 Å². The maximum atomic E-state index is 4.16. The molecule has 486 valence electrons. The Hall–Kier alpha value is -13.9. The van der Waals surface area contributed by atoms with Gasteiger partial charge in [0.15, 0.2) is 0 Å². The summed E-state index contributed by atoms with van der Waals surface area (Å²) >= 11 is 0. The smallest absolute Gasteiger partial charge is 0.137 e. The van der Waals surface area contributed by atoms with Crippen LogP contribution in [-0.2, 0) is 0 Å². The highest BCUT2D eigenvalue weighted by Crippen LogP contribution is 2.26. The maximum absolute atomic E-state index is 4.16. The maximum Gasteiger partial charge on any atom is 0.137 e. The van der Waals surface area contributed by atoms with Crippen molar-refractivity contribution < 1.29 is 0 Å². The number of hydrogen-bond acceptors (Lipinski definition) is 15. The Bertz CT molecular complexity index is 4630. The number of rotatable bonds is 0. The van der Waals surface area contributed by atoms with Gasteiger partial charge < -0.3 is 47.9 Å². The van der Waals surface area contributed by atoms with Crippen LogP contribution in [0.2, 0.25) is 0 Å². The summed E-state index contributed by atoms with van der Waals surface area (Å²) in [5.74, 6) is 0.889. The molecular formula is C84H75N15. The van der Waals surface area contributed by atoms with E-state index in [9.17, 15) is 0 Å². The van der Waals surface area contributed by atoms with Gasteiger partial charge in [0.1, 0.15) is 5.82 Å². The average molecular weight is 1290 g/mol. The lowest BCUT2D eigenvalue weighted by Gasteiger charge is -2.13. The van der Waals surface area contributed by atoms with Gasteiger partial charge in [-0.2, -0.15) is 0 Å². The van der Waals surface area contributed by atoms with Crippen molar-refractivity contribution in [2.75, 3.05) is 26.6 Å². The number of nitrogens with zero attached hydrogens (tertiary/aromatic N) is 6. The van der Waals surface area contributed by atoms with E-state index in [0.29, 0.717) is 0 Å². The Morgan fingerprint density at radius 2 is 0.758 bits per heavy atom. The fourth-order valence-corrected chi connectivity index (χ4v) is 9.90. The van der Waals surface area contributed by atoms with Gasteiger partial charge in [-0.15, -0.1) is 0 Å². The number of pyridine rings is 6. The van der Waals surface area contributed by atoms with Gasteiger partial charge in [0.25, 0.3) is 0 Å². The van der Waals surface area contributed by atoms with Crippen LogP contribution in [0.1, 0.15) is 39.1 Å². The highest BCUT2D eigenvalue weighted by molar-refractivity contribution is 5.78. The molecule has 0 bridgehead atoms. The molecule has 0 fully saturated rings. The minimum atomic E-state index is 0.885. The number of nitrogens with one attached hydrogen (secondary N) is 9. The third kappa shape index (κ3) is 20.3. The van der Waals surface area contributed by atoms with Crippen LogP contribution in [0.5, 0.6) is 0 Å². The molecule has 9 aromatic rings. The van der Waals surface area contributed by atoms with Gasteiger partial charge in [0.05, 0.1) is 28.6 Å². The molecule has 9 aliphatic heterocycles. The fourth-order valence-electron chi connectivity index (χ4n) is 9.90. The summed E-state index contributed by atoms with van der Waals surface area (Å²) in [5.41, 5.74) is 20.6. The van der Waals surface area contributed by atoms with E-state index in [0.717, 1.165) is 118 Å². The van der Waals surface area contributed by atoms with Gasteiger partial charge in [-0.25, -0.2) is 4.98 Å². The summed E-state index contributed by atoms with van der Waals surface area (Å²) in [6.45, 7) is 34.3. The van der Waals surface area contributed by atoms with E-state index in [1.54, 1.807) is 43.4 Å². The highest BCUT2D eigenvalue weighted by atomic mass is 15.0. The second-order valence-corrected chi connectivity index (χ2v) is 22.3. The predicted molar refractivity (Wildman–Crippen MR) is 416 cm³/mol. The largest absolute Gasteiger partial charge is 0.362 e. The predicted octanol–water partition coefficient (Wildman–Crippen LogP) is 12.8. The number of para-hydroxylation sites is 1. The van der Waals surface area contributed by atoms with E-state index in [2.05, 4.69) is 173 Å². The zero-order valence-electron chi connectivity index (χ0n) is 54.8. The van der Waals surface area contributed by atoms with Crippen molar-refractivity contribution in [2.45, 2.75) is 0 Å². The van der Waals surface area contributed by atoms with Crippen molar-refractivity contribution in [1.82, 2.24) is 51.2 Å². The molecule has 0 atom stereocenters. The van der Waals surface area contributed by atoms with Crippen molar-refractivity contribution in [3.05, 3.63) is 395 Å². The van der Waals surface area contributed by atoms with Crippen LogP contribution in [0.25, 0.3) is 79.0 Å². The second kappa shape index (κ2) is 34.3. The number of fused-ring (bicyclic) bond motifs is 9. The molecule has 99 heavy (non-hydrogen) atoms. The molecule has 0 saturated heterocycles. The molecule has 0 radical (unpaired) electrons. The molecule has 0 saturated carbocycles. The van der Waals surface area contributed by atoms with E-state index >= 15 is 0 Å². The van der Waals surface area contributed by atoms with Gasteiger partial charge >= 0.3 is 0 Å². The molecular weight excluding hydrogens is 1220 g/mol. The van der Waals surface area contributed by atoms with Gasteiger partial charge in [-0.05, 0) is 154 Å². The first-order chi connectivity index (χ1) is 48.3. The highest BCUT2D eigenvalue weighted by Gasteiger charge is 2.09. The molecule has 15 heterocycles. The van der Waals surface area contributed by atoms with Gasteiger partial charge in [0.2, 0.25) is 0 Å². The Morgan fingerprint density at radius 3 is 1.52 bits per heavy atom. The minimum Gasteiger partial charge on any atom is -0.362 e. The molecule has 18 rings (SSSR count). The number of anilines is 5. The molecule has 0 spiro atoms. The number of hydrogen-bond donors (Lipinski definition) is 9. The number of benzene rings is 3. The second-order valence-electron chi connectivity index (χ2n) is 22.3. The molecule has 0 amide bonds. The van der Waals surface area contributed by atoms with E-state index in [-0.39, 0.29) is 0 Å². The van der Waals surface area contributed by atoms with E-state index in [4.69, 9.17) is 0 Å². The summed E-state index contributed by atoms with van der Waals surface area (Å²) in [6, 6.07) is 42.2. The van der Waals surface area contributed by atoms with Gasteiger partial charge in [-0.3, -0.25) is 24.9 Å². The van der Waals surface area contributed by atoms with E-state index < -0.39 is 0 Å². The molecule has 6 aromatic heterocycles. The summed E-state index contributed by atoms with van der Waals surface area (Å²) in [4.78, 5) is 24.5.